The van der Waals surface area contributed by atoms with Gasteiger partial charge in [0.15, 0.2) is 0 Å². The number of hydrogen-bond acceptors (Lipinski definition) is 4. The van der Waals surface area contributed by atoms with E-state index in [1.807, 2.05) is 0 Å². The summed E-state index contributed by atoms with van der Waals surface area (Å²) in [6.07, 6.45) is -1.84. The minimum atomic E-state index is -5.89. The van der Waals surface area contributed by atoms with Gasteiger partial charge in [-0.2, -0.15) is 13.2 Å². The third-order valence-electron chi connectivity index (χ3n) is 3.36. The van der Waals surface area contributed by atoms with Crippen LogP contribution < -0.4 is 5.32 Å². The molecule has 0 heterocycles. The number of rotatable bonds is 5. The van der Waals surface area contributed by atoms with Crippen LogP contribution in [0.4, 0.5) is 32.0 Å². The molecule has 2 aromatic carbocycles. The molecular formula is C15H11F6NO3S. The molecule has 26 heavy (non-hydrogen) atoms. The van der Waals surface area contributed by atoms with Crippen molar-refractivity contribution in [3.63, 3.8) is 0 Å². The predicted molar refractivity (Wildman–Crippen MR) is 79.4 cm³/mol. The molecule has 0 aromatic heterocycles. The highest BCUT2D eigenvalue weighted by molar-refractivity contribution is 7.92. The van der Waals surface area contributed by atoms with Crippen LogP contribution in [0.25, 0.3) is 0 Å². The van der Waals surface area contributed by atoms with Gasteiger partial charge in [0, 0.05) is 6.54 Å². The molecule has 0 aliphatic heterocycles. The van der Waals surface area contributed by atoms with Gasteiger partial charge in [0.25, 0.3) is 9.84 Å². The first-order valence-corrected chi connectivity index (χ1v) is 8.40. The zero-order valence-electron chi connectivity index (χ0n) is 12.7. The molecule has 2 aromatic rings. The Morgan fingerprint density at radius 3 is 2.15 bits per heavy atom. The van der Waals surface area contributed by atoms with Crippen LogP contribution in [0.1, 0.15) is 11.7 Å². The van der Waals surface area contributed by atoms with Crippen LogP contribution in [0.2, 0.25) is 0 Å². The Hall–Kier alpha value is -2.27. The van der Waals surface area contributed by atoms with Crippen LogP contribution >= 0.6 is 0 Å². The summed E-state index contributed by atoms with van der Waals surface area (Å²) >= 11 is 0. The van der Waals surface area contributed by atoms with E-state index in [0.717, 1.165) is 18.2 Å². The van der Waals surface area contributed by atoms with Crippen LogP contribution in [0.3, 0.4) is 0 Å². The Balaban J connectivity index is 2.34. The van der Waals surface area contributed by atoms with Crippen LogP contribution in [0.15, 0.2) is 41.3 Å². The van der Waals surface area contributed by atoms with Crippen molar-refractivity contribution in [1.82, 2.24) is 0 Å². The van der Waals surface area contributed by atoms with Crippen LogP contribution in [0.5, 0.6) is 0 Å². The quantitative estimate of drug-likeness (QED) is 0.755. The van der Waals surface area contributed by atoms with E-state index in [-0.39, 0.29) is 6.07 Å². The van der Waals surface area contributed by atoms with Crippen molar-refractivity contribution < 1.29 is 39.9 Å². The molecule has 2 N–H and O–H groups in total. The summed E-state index contributed by atoms with van der Waals surface area (Å²) in [5.41, 5.74) is -7.12. The third-order valence-corrected chi connectivity index (χ3v) is 4.88. The molecule has 1 atom stereocenters. The van der Waals surface area contributed by atoms with Gasteiger partial charge in [-0.3, -0.25) is 0 Å². The van der Waals surface area contributed by atoms with Gasteiger partial charge < -0.3 is 10.4 Å². The second-order valence-electron chi connectivity index (χ2n) is 5.12. The fourth-order valence-electron chi connectivity index (χ4n) is 2.13. The largest absolute Gasteiger partial charge is 0.501 e. The van der Waals surface area contributed by atoms with Gasteiger partial charge in [-0.05, 0) is 30.3 Å². The normalized spacial score (nSPS) is 13.5. The predicted octanol–water partition coefficient (Wildman–Crippen LogP) is 3.54. The van der Waals surface area contributed by atoms with Crippen molar-refractivity contribution in [1.29, 1.82) is 0 Å². The van der Waals surface area contributed by atoms with Crippen molar-refractivity contribution >= 4 is 15.5 Å². The monoisotopic (exact) mass is 399 g/mol. The number of sulfone groups is 1. The fraction of sp³-hybridized carbons (Fsp3) is 0.200. The topological polar surface area (TPSA) is 66.4 Å². The summed E-state index contributed by atoms with van der Waals surface area (Å²) in [5, 5.41) is 12.0. The average molecular weight is 399 g/mol. The number of halogens is 6. The van der Waals surface area contributed by atoms with E-state index in [0.29, 0.717) is 12.1 Å². The highest BCUT2D eigenvalue weighted by Gasteiger charge is 2.48. The smallest absolute Gasteiger partial charge is 0.386 e. The Kier molecular flexibility index (Phi) is 5.52. The van der Waals surface area contributed by atoms with E-state index in [2.05, 4.69) is 5.32 Å². The first kappa shape index (κ1) is 20.0. The van der Waals surface area contributed by atoms with Gasteiger partial charge in [0.05, 0.1) is 11.3 Å². The lowest BCUT2D eigenvalue weighted by Crippen LogP contribution is -2.25. The molecule has 0 bridgehead atoms. The van der Waals surface area contributed by atoms with Gasteiger partial charge in [0.1, 0.15) is 28.5 Å². The minimum absolute atomic E-state index is 0.154. The summed E-state index contributed by atoms with van der Waals surface area (Å²) in [4.78, 5) is -1.41. The van der Waals surface area contributed by atoms with E-state index < -0.39 is 61.6 Å². The molecule has 2 rings (SSSR count). The molecule has 0 fully saturated rings. The zero-order valence-corrected chi connectivity index (χ0v) is 13.5. The molecule has 4 nitrogen and oxygen atoms in total. The summed E-state index contributed by atoms with van der Waals surface area (Å²) in [6.45, 7) is -0.732. The number of anilines is 1. The number of aliphatic hydroxyl groups is 1. The molecule has 0 radical (unpaired) electrons. The molecule has 0 aliphatic rings. The maximum atomic E-state index is 13.6. The number of alkyl halides is 3. The molecule has 11 heteroatoms. The van der Waals surface area contributed by atoms with Crippen LogP contribution in [-0.4, -0.2) is 25.6 Å². The second-order valence-corrected chi connectivity index (χ2v) is 7.03. The van der Waals surface area contributed by atoms with Crippen molar-refractivity contribution in [2.24, 2.45) is 0 Å². The number of benzene rings is 2. The molecule has 0 saturated carbocycles. The number of hydrogen-bond donors (Lipinski definition) is 2. The molecule has 0 amide bonds. The van der Waals surface area contributed by atoms with Gasteiger partial charge >= 0.3 is 5.51 Å². The minimum Gasteiger partial charge on any atom is -0.386 e. The average Bonchev–Trinajstić information content (AvgIpc) is 2.52. The van der Waals surface area contributed by atoms with Gasteiger partial charge in [-0.15, -0.1) is 0 Å². The summed E-state index contributed by atoms with van der Waals surface area (Å²) < 4.78 is 102. The highest BCUT2D eigenvalue weighted by atomic mass is 32.2. The Labute approximate surface area is 144 Å². The summed E-state index contributed by atoms with van der Waals surface area (Å²) in [7, 11) is -5.89. The van der Waals surface area contributed by atoms with Gasteiger partial charge in [-0.1, -0.05) is 6.07 Å². The zero-order chi connectivity index (χ0) is 19.7. The lowest BCUT2D eigenvalue weighted by atomic mass is 10.1. The lowest BCUT2D eigenvalue weighted by molar-refractivity contribution is -0.0435. The van der Waals surface area contributed by atoms with Crippen molar-refractivity contribution in [3.05, 3.63) is 59.4 Å². The molecule has 0 saturated heterocycles. The van der Waals surface area contributed by atoms with Gasteiger partial charge in [-0.25, -0.2) is 21.6 Å². The number of aliphatic hydroxyl groups excluding tert-OH is 1. The second kappa shape index (κ2) is 7.16. The van der Waals surface area contributed by atoms with E-state index >= 15 is 0 Å². The third kappa shape index (κ3) is 3.93. The Morgan fingerprint density at radius 1 is 1.04 bits per heavy atom. The van der Waals surface area contributed by atoms with Gasteiger partial charge in [0.2, 0.25) is 0 Å². The standard InChI is InChI=1S/C15H11F6NO3S/c16-8-4-5-11(13(6-8)26(24,25)15(19,20)21)22-7-12(23)14-9(17)2-1-3-10(14)18/h1-6,12,22-23H,7H2. The van der Waals surface area contributed by atoms with Crippen molar-refractivity contribution in [3.8, 4) is 0 Å². The first-order valence-electron chi connectivity index (χ1n) is 6.92. The molecular weight excluding hydrogens is 388 g/mol. The maximum absolute atomic E-state index is 13.6. The molecule has 142 valence electrons. The Bertz CT molecular complexity index is 894. The summed E-state index contributed by atoms with van der Waals surface area (Å²) in [6, 6.07) is 4.31. The Morgan fingerprint density at radius 2 is 1.62 bits per heavy atom. The first-order chi connectivity index (χ1) is 11.9. The molecule has 0 aliphatic carbocycles. The maximum Gasteiger partial charge on any atom is 0.501 e. The molecule has 0 spiro atoms. The van der Waals surface area contributed by atoms with E-state index in [1.54, 1.807) is 0 Å². The summed E-state index contributed by atoms with van der Waals surface area (Å²) in [5.74, 6) is -3.43. The fourth-order valence-corrected chi connectivity index (χ4v) is 3.07. The van der Waals surface area contributed by atoms with Crippen LogP contribution in [0, 0.1) is 17.5 Å². The van der Waals surface area contributed by atoms with E-state index in [4.69, 9.17) is 0 Å². The van der Waals surface area contributed by atoms with E-state index in [1.165, 1.54) is 0 Å². The highest BCUT2D eigenvalue weighted by Crippen LogP contribution is 2.35. The van der Waals surface area contributed by atoms with Crippen LogP contribution in [-0.2, 0) is 9.84 Å². The number of nitrogens with one attached hydrogen (secondary N) is 1. The SMILES string of the molecule is O=S(=O)(c1cc(F)ccc1NCC(O)c1c(F)cccc1F)C(F)(F)F. The van der Waals surface area contributed by atoms with E-state index in [9.17, 15) is 39.9 Å². The van der Waals surface area contributed by atoms with Crippen molar-refractivity contribution in [2.45, 2.75) is 16.5 Å². The lowest BCUT2D eigenvalue weighted by Gasteiger charge is -2.17. The molecule has 1 unspecified atom stereocenters. The van der Waals surface area contributed by atoms with Crippen molar-refractivity contribution in [2.75, 3.05) is 11.9 Å².